The zero-order chi connectivity index (χ0) is 18.3. The Morgan fingerprint density at radius 2 is 2.04 bits per heavy atom. The zero-order valence-electron chi connectivity index (χ0n) is 13.7. The smallest absolute Gasteiger partial charge is 0.218 e. The molecule has 1 aromatic heterocycles. The molecule has 4 rings (SSSR count). The highest BCUT2D eigenvalue weighted by Crippen LogP contribution is 2.46. The maximum atomic E-state index is 14.7. The molecule has 0 spiro atoms. The van der Waals surface area contributed by atoms with Gasteiger partial charge in [0.1, 0.15) is 23.2 Å². The maximum Gasteiger partial charge on any atom is 0.218 e. The van der Waals surface area contributed by atoms with Crippen molar-refractivity contribution in [1.82, 2.24) is 4.57 Å². The third-order valence-corrected chi connectivity index (χ3v) is 5.16. The molecule has 0 fully saturated rings. The summed E-state index contributed by atoms with van der Waals surface area (Å²) in [4.78, 5) is 12.7. The number of nitrogens with zero attached hydrogens (tertiary/aromatic N) is 2. The van der Waals surface area contributed by atoms with Gasteiger partial charge in [-0.3, -0.25) is 9.36 Å². The number of carbonyl (C=O) groups is 1. The summed E-state index contributed by atoms with van der Waals surface area (Å²) in [6.45, 7) is 0. The molecule has 4 nitrogen and oxygen atoms in total. The van der Waals surface area contributed by atoms with E-state index in [2.05, 4.69) is 22.0 Å². The molecule has 1 atom stereocenters. The first-order chi connectivity index (χ1) is 12.6. The predicted octanol–water partition coefficient (Wildman–Crippen LogP) is 4.90. The maximum absolute atomic E-state index is 14.7. The van der Waals surface area contributed by atoms with E-state index < -0.39 is 11.7 Å². The van der Waals surface area contributed by atoms with Crippen LogP contribution >= 0.6 is 15.9 Å². The summed E-state index contributed by atoms with van der Waals surface area (Å²) in [7, 11) is 0. The van der Waals surface area contributed by atoms with E-state index in [1.54, 1.807) is 29.1 Å². The molecule has 0 saturated heterocycles. The van der Waals surface area contributed by atoms with Gasteiger partial charge in [0.2, 0.25) is 5.88 Å². The summed E-state index contributed by atoms with van der Waals surface area (Å²) >= 11 is 3.36. The Bertz CT molecular complexity index is 999. The second-order valence-corrected chi connectivity index (χ2v) is 7.15. The van der Waals surface area contributed by atoms with Crippen molar-refractivity contribution in [1.29, 1.82) is 5.26 Å². The number of benzene rings is 1. The molecule has 0 amide bonds. The molecule has 0 saturated carbocycles. The normalized spacial score (nSPS) is 19.9. The van der Waals surface area contributed by atoms with Gasteiger partial charge in [-0.15, -0.1) is 0 Å². The van der Waals surface area contributed by atoms with Crippen molar-refractivity contribution < 1.29 is 13.9 Å². The number of carbonyl (C=O) groups excluding carboxylic acids is 1. The number of rotatable bonds is 2. The number of hydrogen-bond acceptors (Lipinski definition) is 3. The fourth-order valence-electron chi connectivity index (χ4n) is 3.52. The van der Waals surface area contributed by atoms with Crippen molar-refractivity contribution in [3.8, 4) is 6.07 Å². The van der Waals surface area contributed by atoms with Crippen LogP contribution < -0.4 is 0 Å². The first-order valence-electron chi connectivity index (χ1n) is 8.27. The largest absolute Gasteiger partial charge is 0.443 e. The van der Waals surface area contributed by atoms with Gasteiger partial charge < -0.3 is 4.74 Å². The van der Waals surface area contributed by atoms with Gasteiger partial charge in [0.25, 0.3) is 0 Å². The lowest BCUT2D eigenvalue weighted by Crippen LogP contribution is -2.26. The standard InChI is InChI=1S/C20H14BrFN2O2/c21-12-6-7-15(22)13(10-12)18-14(11-23)20(24-8-1-2-9-24)26-17-5-3-4-16(25)19(17)18/h1-2,6-10,18H,3-5H2/t18-/m0/s1. The Balaban J connectivity index is 1.99. The van der Waals surface area contributed by atoms with E-state index in [1.165, 1.54) is 6.07 Å². The number of halogens is 2. The van der Waals surface area contributed by atoms with E-state index in [-0.39, 0.29) is 11.4 Å². The Hall–Kier alpha value is -2.65. The number of hydrogen-bond donors (Lipinski definition) is 0. The highest BCUT2D eigenvalue weighted by atomic mass is 79.9. The number of aromatic nitrogens is 1. The van der Waals surface area contributed by atoms with E-state index in [4.69, 9.17) is 4.74 Å². The van der Waals surface area contributed by atoms with Crippen molar-refractivity contribution in [2.24, 2.45) is 0 Å². The number of allylic oxidation sites excluding steroid dienone is 3. The Kier molecular flexibility index (Phi) is 4.25. The van der Waals surface area contributed by atoms with E-state index >= 15 is 0 Å². The van der Waals surface area contributed by atoms with Crippen molar-refractivity contribution in [3.05, 3.63) is 75.5 Å². The molecule has 1 aromatic carbocycles. The molecule has 2 aromatic rings. The molecule has 0 unspecified atom stereocenters. The van der Waals surface area contributed by atoms with Gasteiger partial charge in [-0.1, -0.05) is 15.9 Å². The van der Waals surface area contributed by atoms with Crippen LogP contribution in [0.25, 0.3) is 5.88 Å². The third kappa shape index (κ3) is 2.69. The molecule has 1 aliphatic carbocycles. The molecular weight excluding hydrogens is 399 g/mol. The molecule has 0 N–H and O–H groups in total. The Labute approximate surface area is 158 Å². The monoisotopic (exact) mass is 412 g/mol. The van der Waals surface area contributed by atoms with Crippen LogP contribution in [0.4, 0.5) is 4.39 Å². The molecule has 0 bridgehead atoms. The predicted molar refractivity (Wildman–Crippen MR) is 97.1 cm³/mol. The van der Waals surface area contributed by atoms with Gasteiger partial charge in [0.15, 0.2) is 5.78 Å². The second kappa shape index (κ2) is 6.58. The lowest BCUT2D eigenvalue weighted by molar-refractivity contribution is -0.116. The van der Waals surface area contributed by atoms with E-state index in [0.717, 1.165) is 0 Å². The molecule has 2 heterocycles. The fraction of sp³-hybridized carbons (Fsp3) is 0.200. The van der Waals surface area contributed by atoms with Crippen LogP contribution in [0.5, 0.6) is 0 Å². The van der Waals surface area contributed by atoms with Gasteiger partial charge in [0, 0.05) is 40.8 Å². The number of nitriles is 1. The van der Waals surface area contributed by atoms with Crippen LogP contribution in [0.2, 0.25) is 0 Å². The molecule has 130 valence electrons. The molecule has 2 aliphatic rings. The Morgan fingerprint density at radius 1 is 1.27 bits per heavy atom. The van der Waals surface area contributed by atoms with Gasteiger partial charge in [-0.05, 0) is 36.8 Å². The van der Waals surface area contributed by atoms with Crippen molar-refractivity contribution in [2.75, 3.05) is 0 Å². The topological polar surface area (TPSA) is 55.0 Å². The van der Waals surface area contributed by atoms with Gasteiger partial charge in [0.05, 0.1) is 5.92 Å². The average molecular weight is 413 g/mol. The van der Waals surface area contributed by atoms with E-state index in [9.17, 15) is 14.4 Å². The van der Waals surface area contributed by atoms with Gasteiger partial charge in [-0.2, -0.15) is 5.26 Å². The molecule has 0 radical (unpaired) electrons. The van der Waals surface area contributed by atoms with Crippen LogP contribution in [0.1, 0.15) is 30.7 Å². The van der Waals surface area contributed by atoms with Crippen LogP contribution in [0, 0.1) is 17.1 Å². The number of ketones is 1. The first kappa shape index (κ1) is 16.8. The highest BCUT2D eigenvalue weighted by molar-refractivity contribution is 9.10. The fourth-order valence-corrected chi connectivity index (χ4v) is 3.90. The van der Waals surface area contributed by atoms with Crippen LogP contribution in [0.3, 0.4) is 0 Å². The van der Waals surface area contributed by atoms with Gasteiger partial charge >= 0.3 is 0 Å². The zero-order valence-corrected chi connectivity index (χ0v) is 15.3. The number of Topliss-reactive ketones (excluding diaryl/α,β-unsaturated/α-hetero) is 1. The summed E-state index contributed by atoms with van der Waals surface area (Å²) < 4.78 is 23.0. The van der Waals surface area contributed by atoms with E-state index in [1.807, 2.05) is 12.1 Å². The summed E-state index contributed by atoms with van der Waals surface area (Å²) in [6.07, 6.45) is 5.18. The molecule has 1 aliphatic heterocycles. The minimum absolute atomic E-state index is 0.0880. The minimum Gasteiger partial charge on any atom is -0.443 e. The van der Waals surface area contributed by atoms with Crippen LogP contribution in [0.15, 0.2) is 64.1 Å². The molecule has 26 heavy (non-hydrogen) atoms. The third-order valence-electron chi connectivity index (χ3n) is 4.66. The van der Waals surface area contributed by atoms with Crippen molar-refractivity contribution >= 4 is 27.6 Å². The summed E-state index contributed by atoms with van der Waals surface area (Å²) in [5.41, 5.74) is 0.930. The minimum atomic E-state index is -0.772. The summed E-state index contributed by atoms with van der Waals surface area (Å²) in [5, 5.41) is 9.86. The molecule has 6 heteroatoms. The average Bonchev–Trinajstić information content (AvgIpc) is 3.17. The summed E-state index contributed by atoms with van der Waals surface area (Å²) in [5.74, 6) is -0.449. The first-order valence-corrected chi connectivity index (χ1v) is 9.06. The van der Waals surface area contributed by atoms with Gasteiger partial charge in [-0.25, -0.2) is 4.39 Å². The number of ether oxygens (including phenoxy) is 1. The van der Waals surface area contributed by atoms with Crippen LogP contribution in [-0.2, 0) is 9.53 Å². The van der Waals surface area contributed by atoms with Crippen molar-refractivity contribution in [2.45, 2.75) is 25.2 Å². The highest BCUT2D eigenvalue weighted by Gasteiger charge is 2.40. The lowest BCUT2D eigenvalue weighted by Gasteiger charge is -2.32. The second-order valence-electron chi connectivity index (χ2n) is 6.24. The summed E-state index contributed by atoms with van der Waals surface area (Å²) in [6, 6.07) is 10.4. The van der Waals surface area contributed by atoms with Crippen LogP contribution in [-0.4, -0.2) is 10.4 Å². The Morgan fingerprint density at radius 3 is 2.77 bits per heavy atom. The molecular formula is C20H14BrFN2O2. The lowest BCUT2D eigenvalue weighted by atomic mass is 9.77. The van der Waals surface area contributed by atoms with E-state index in [0.29, 0.717) is 46.5 Å². The SMILES string of the molecule is N#CC1=C(n2cccc2)OC2=C(C(=O)CCC2)[C@H]1c1cc(Br)ccc1F. The van der Waals surface area contributed by atoms with Crippen molar-refractivity contribution in [3.63, 3.8) is 0 Å². The quantitative estimate of drug-likeness (QED) is 0.704.